The van der Waals surface area contributed by atoms with Gasteiger partial charge in [-0.1, -0.05) is 39.9 Å². The molecule has 0 aliphatic carbocycles. The Morgan fingerprint density at radius 3 is 2.28 bits per heavy atom. The first kappa shape index (κ1) is 14.8. The molecule has 0 aliphatic rings. The molecule has 18 heavy (non-hydrogen) atoms. The van der Waals surface area contributed by atoms with Gasteiger partial charge in [-0.2, -0.15) is 0 Å². The summed E-state index contributed by atoms with van der Waals surface area (Å²) in [6.07, 6.45) is 3.24. The van der Waals surface area contributed by atoms with Gasteiger partial charge in [-0.25, -0.2) is 9.97 Å². The fourth-order valence-electron chi connectivity index (χ4n) is 2.10. The molecule has 0 atom stereocenters. The minimum Gasteiger partial charge on any atom is -0.388 e. The van der Waals surface area contributed by atoms with Gasteiger partial charge in [0.05, 0.1) is 0 Å². The third-order valence-electron chi connectivity index (χ3n) is 3.15. The molecule has 1 aromatic heterocycles. The normalized spacial score (nSPS) is 11.3. The molecule has 0 saturated heterocycles. The van der Waals surface area contributed by atoms with Gasteiger partial charge in [0.1, 0.15) is 10.7 Å². The highest BCUT2D eigenvalue weighted by Crippen LogP contribution is 2.21. The molecule has 0 fully saturated rings. The van der Waals surface area contributed by atoms with Gasteiger partial charge in [0, 0.05) is 18.9 Å². The smallest absolute Gasteiger partial charge is 0.155 e. The standard InChI is InChI=1S/C13H22N4S/c1-8(2)10(9(3)4)7-17-13-11(12(14)18)15-5-6-16-13/h5-6,8-10H,7H2,1-4H3,(H2,14,18)(H,16,17). The maximum absolute atomic E-state index is 5.63. The van der Waals surface area contributed by atoms with Gasteiger partial charge in [-0.15, -0.1) is 0 Å². The maximum Gasteiger partial charge on any atom is 0.155 e. The van der Waals surface area contributed by atoms with Crippen LogP contribution in [-0.4, -0.2) is 21.5 Å². The Morgan fingerprint density at radius 1 is 1.22 bits per heavy atom. The Bertz CT molecular complexity index is 396. The summed E-state index contributed by atoms with van der Waals surface area (Å²) >= 11 is 4.97. The van der Waals surface area contributed by atoms with Gasteiger partial charge >= 0.3 is 0 Å². The van der Waals surface area contributed by atoms with Gasteiger partial charge in [0.15, 0.2) is 5.82 Å². The van der Waals surface area contributed by atoms with Crippen LogP contribution >= 0.6 is 12.2 Å². The summed E-state index contributed by atoms with van der Waals surface area (Å²) in [6, 6.07) is 0. The van der Waals surface area contributed by atoms with Crippen molar-refractivity contribution in [3.05, 3.63) is 18.1 Å². The predicted molar refractivity (Wildman–Crippen MR) is 79.6 cm³/mol. The van der Waals surface area contributed by atoms with Gasteiger partial charge in [-0.05, 0) is 17.8 Å². The first-order valence-electron chi connectivity index (χ1n) is 6.28. The van der Waals surface area contributed by atoms with E-state index < -0.39 is 0 Å². The second kappa shape index (κ2) is 6.64. The summed E-state index contributed by atoms with van der Waals surface area (Å²) in [7, 11) is 0. The number of nitrogens with one attached hydrogen (secondary N) is 1. The number of nitrogens with two attached hydrogens (primary N) is 1. The lowest BCUT2D eigenvalue weighted by Crippen LogP contribution is -2.26. The van der Waals surface area contributed by atoms with Crippen molar-refractivity contribution >= 4 is 23.0 Å². The van der Waals surface area contributed by atoms with Crippen LogP contribution in [0, 0.1) is 17.8 Å². The topological polar surface area (TPSA) is 63.8 Å². The van der Waals surface area contributed by atoms with Crippen molar-refractivity contribution < 1.29 is 0 Å². The number of rotatable bonds is 6. The average molecular weight is 266 g/mol. The molecule has 0 spiro atoms. The number of nitrogens with zero attached hydrogens (tertiary/aromatic N) is 2. The number of hydrogen-bond donors (Lipinski definition) is 2. The van der Waals surface area contributed by atoms with Gasteiger partial charge in [0.2, 0.25) is 0 Å². The molecule has 3 N–H and O–H groups in total. The van der Waals surface area contributed by atoms with E-state index in [0.29, 0.717) is 29.3 Å². The maximum atomic E-state index is 5.63. The van der Waals surface area contributed by atoms with Crippen molar-refractivity contribution in [2.75, 3.05) is 11.9 Å². The highest BCUT2D eigenvalue weighted by molar-refractivity contribution is 7.80. The molecule has 0 aromatic carbocycles. The van der Waals surface area contributed by atoms with Crippen LogP contribution in [0.2, 0.25) is 0 Å². The molecule has 0 radical (unpaired) electrons. The van der Waals surface area contributed by atoms with Crippen LogP contribution in [0.4, 0.5) is 5.82 Å². The lowest BCUT2D eigenvalue weighted by atomic mass is 9.85. The van der Waals surface area contributed by atoms with Crippen molar-refractivity contribution in [3.63, 3.8) is 0 Å². The predicted octanol–water partition coefficient (Wildman–Crippen LogP) is 2.45. The number of anilines is 1. The van der Waals surface area contributed by atoms with E-state index in [4.69, 9.17) is 18.0 Å². The molecular formula is C13H22N4S. The van der Waals surface area contributed by atoms with E-state index in [9.17, 15) is 0 Å². The molecule has 1 rings (SSSR count). The third-order valence-corrected chi connectivity index (χ3v) is 3.34. The van der Waals surface area contributed by atoms with E-state index in [1.807, 2.05) is 0 Å². The molecule has 0 aliphatic heterocycles. The van der Waals surface area contributed by atoms with Crippen molar-refractivity contribution in [2.24, 2.45) is 23.5 Å². The average Bonchev–Trinajstić information content (AvgIpc) is 2.28. The molecule has 0 unspecified atom stereocenters. The zero-order valence-electron chi connectivity index (χ0n) is 11.5. The quantitative estimate of drug-likeness (QED) is 0.774. The lowest BCUT2D eigenvalue weighted by molar-refractivity contribution is 0.304. The largest absolute Gasteiger partial charge is 0.388 e. The fraction of sp³-hybridized carbons (Fsp3) is 0.615. The molecule has 4 nitrogen and oxygen atoms in total. The summed E-state index contributed by atoms with van der Waals surface area (Å²) in [5, 5.41) is 3.32. The zero-order valence-corrected chi connectivity index (χ0v) is 12.3. The lowest BCUT2D eigenvalue weighted by Gasteiger charge is -2.25. The molecule has 5 heteroatoms. The van der Waals surface area contributed by atoms with E-state index in [1.54, 1.807) is 12.4 Å². The van der Waals surface area contributed by atoms with Crippen molar-refractivity contribution in [1.29, 1.82) is 0 Å². The fourth-order valence-corrected chi connectivity index (χ4v) is 2.25. The van der Waals surface area contributed by atoms with Gasteiger partial charge < -0.3 is 11.1 Å². The van der Waals surface area contributed by atoms with Crippen molar-refractivity contribution in [3.8, 4) is 0 Å². The van der Waals surface area contributed by atoms with Crippen LogP contribution in [0.25, 0.3) is 0 Å². The Balaban J connectivity index is 2.76. The second-order valence-corrected chi connectivity index (χ2v) is 5.59. The van der Waals surface area contributed by atoms with E-state index in [-0.39, 0.29) is 4.99 Å². The summed E-state index contributed by atoms with van der Waals surface area (Å²) in [5.74, 6) is 2.48. The summed E-state index contributed by atoms with van der Waals surface area (Å²) in [4.78, 5) is 8.68. The number of thiocarbonyl (C=S) groups is 1. The SMILES string of the molecule is CC(C)C(CNc1nccnc1C(N)=S)C(C)C. The number of hydrogen-bond acceptors (Lipinski definition) is 4. The third kappa shape index (κ3) is 3.91. The Hall–Kier alpha value is -1.23. The Kier molecular flexibility index (Phi) is 5.47. The van der Waals surface area contributed by atoms with E-state index >= 15 is 0 Å². The summed E-state index contributed by atoms with van der Waals surface area (Å²) in [5.41, 5.74) is 6.20. The molecule has 0 bridgehead atoms. The van der Waals surface area contributed by atoms with Crippen LogP contribution in [0.1, 0.15) is 33.4 Å². The summed E-state index contributed by atoms with van der Waals surface area (Å²) in [6.45, 7) is 9.79. The van der Waals surface area contributed by atoms with E-state index in [0.717, 1.165) is 6.54 Å². The number of aromatic nitrogens is 2. The van der Waals surface area contributed by atoms with Crippen molar-refractivity contribution in [2.45, 2.75) is 27.7 Å². The van der Waals surface area contributed by atoms with Crippen LogP contribution in [0.15, 0.2) is 12.4 Å². The zero-order chi connectivity index (χ0) is 13.7. The van der Waals surface area contributed by atoms with Crippen molar-refractivity contribution in [1.82, 2.24) is 9.97 Å². The molecule has 0 amide bonds. The van der Waals surface area contributed by atoms with Gasteiger partial charge in [-0.3, -0.25) is 0 Å². The molecule has 100 valence electrons. The highest BCUT2D eigenvalue weighted by atomic mass is 32.1. The molecule has 1 heterocycles. The highest BCUT2D eigenvalue weighted by Gasteiger charge is 2.18. The van der Waals surface area contributed by atoms with Crippen LogP contribution in [-0.2, 0) is 0 Å². The van der Waals surface area contributed by atoms with E-state index in [2.05, 4.69) is 43.0 Å². The molecule has 1 aromatic rings. The first-order valence-corrected chi connectivity index (χ1v) is 6.69. The summed E-state index contributed by atoms with van der Waals surface area (Å²) < 4.78 is 0. The molecule has 0 saturated carbocycles. The first-order chi connectivity index (χ1) is 8.43. The second-order valence-electron chi connectivity index (χ2n) is 5.15. The monoisotopic (exact) mass is 266 g/mol. The van der Waals surface area contributed by atoms with E-state index in [1.165, 1.54) is 0 Å². The van der Waals surface area contributed by atoms with Gasteiger partial charge in [0.25, 0.3) is 0 Å². The minimum atomic E-state index is 0.274. The van der Waals surface area contributed by atoms with Crippen LogP contribution in [0.5, 0.6) is 0 Å². The Labute approximate surface area is 114 Å². The minimum absolute atomic E-state index is 0.274. The molecular weight excluding hydrogens is 244 g/mol. The van der Waals surface area contributed by atoms with Crippen LogP contribution < -0.4 is 11.1 Å². The Morgan fingerprint density at radius 2 is 1.78 bits per heavy atom. The van der Waals surface area contributed by atoms with Crippen LogP contribution in [0.3, 0.4) is 0 Å².